The highest BCUT2D eigenvalue weighted by molar-refractivity contribution is 5.70. The number of carbonyl (C=O) groups is 2. The number of hydrogen-bond donors (Lipinski definition) is 0. The third-order valence-electron chi connectivity index (χ3n) is 11.2. The Balaban J connectivity index is 4.34. The molecule has 0 aliphatic carbocycles. The lowest BCUT2D eigenvalue weighted by molar-refractivity contribution is -0.163. The van der Waals surface area contributed by atoms with Crippen LogP contribution in [0.2, 0.25) is 0 Å². The van der Waals surface area contributed by atoms with Crippen LogP contribution in [-0.2, 0) is 23.8 Å². The summed E-state index contributed by atoms with van der Waals surface area (Å²) in [6, 6.07) is 0. The Morgan fingerprint density at radius 3 is 1.19 bits per heavy atom. The molecule has 0 aromatic rings. The summed E-state index contributed by atoms with van der Waals surface area (Å²) in [6.45, 7) is 7.62. The van der Waals surface area contributed by atoms with E-state index in [-0.39, 0.29) is 25.2 Å². The first-order chi connectivity index (χ1) is 30.6. The Labute approximate surface area is 385 Å². The maximum absolute atomic E-state index is 12.8. The fraction of sp³-hybridized carbons (Fsp3) is 0.754. The number of esters is 2. The zero-order chi connectivity index (χ0) is 44.9. The van der Waals surface area contributed by atoms with Crippen LogP contribution in [-0.4, -0.2) is 37.9 Å². The second-order valence-electron chi connectivity index (χ2n) is 17.4. The van der Waals surface area contributed by atoms with Gasteiger partial charge in [0.25, 0.3) is 0 Å². The quantitative estimate of drug-likeness (QED) is 0.0346. The molecular weight excluding hydrogens is 765 g/mol. The predicted octanol–water partition coefficient (Wildman–Crippen LogP) is 17.9. The van der Waals surface area contributed by atoms with Gasteiger partial charge in [0.2, 0.25) is 0 Å². The summed E-state index contributed by atoms with van der Waals surface area (Å²) in [5.41, 5.74) is 0. The molecule has 5 heteroatoms. The summed E-state index contributed by atoms with van der Waals surface area (Å²) < 4.78 is 17.4. The summed E-state index contributed by atoms with van der Waals surface area (Å²) in [5.74, 6) is -0.425. The van der Waals surface area contributed by atoms with Crippen molar-refractivity contribution in [3.63, 3.8) is 0 Å². The number of ether oxygens (including phenoxy) is 3. The minimum Gasteiger partial charge on any atom is -0.462 e. The van der Waals surface area contributed by atoms with Gasteiger partial charge >= 0.3 is 11.9 Å². The van der Waals surface area contributed by atoms with Gasteiger partial charge in [-0.3, -0.25) is 9.59 Å². The lowest BCUT2D eigenvalue weighted by Gasteiger charge is -2.18. The SMILES string of the molecule is CC/C=C\C/C=C\C/C=C\C/C=C\CCCCCOCC(COC(=O)CCCCCCC/C=C\C/C=C\CCCCC)OC(=O)CCCCCCCCCCCCCCCCC. The van der Waals surface area contributed by atoms with E-state index in [0.29, 0.717) is 19.4 Å². The van der Waals surface area contributed by atoms with Crippen LogP contribution in [0, 0.1) is 0 Å². The Morgan fingerprint density at radius 2 is 0.726 bits per heavy atom. The van der Waals surface area contributed by atoms with E-state index in [1.807, 2.05) is 0 Å². The van der Waals surface area contributed by atoms with Crippen molar-refractivity contribution in [1.29, 1.82) is 0 Å². The van der Waals surface area contributed by atoms with Gasteiger partial charge in [-0.1, -0.05) is 222 Å². The molecule has 0 amide bonds. The predicted molar refractivity (Wildman–Crippen MR) is 270 cm³/mol. The van der Waals surface area contributed by atoms with Crippen molar-refractivity contribution in [2.75, 3.05) is 19.8 Å². The second-order valence-corrected chi connectivity index (χ2v) is 17.4. The third kappa shape index (κ3) is 50.0. The monoisotopic (exact) mass is 865 g/mol. The van der Waals surface area contributed by atoms with Crippen LogP contribution in [0.25, 0.3) is 0 Å². The van der Waals surface area contributed by atoms with Crippen molar-refractivity contribution in [2.45, 2.75) is 258 Å². The molecular formula is C57H100O5. The van der Waals surface area contributed by atoms with E-state index in [9.17, 15) is 9.59 Å². The molecule has 0 aliphatic rings. The van der Waals surface area contributed by atoms with Crippen LogP contribution < -0.4 is 0 Å². The maximum atomic E-state index is 12.8. The van der Waals surface area contributed by atoms with Crippen molar-refractivity contribution < 1.29 is 23.8 Å². The first-order valence-electron chi connectivity index (χ1n) is 26.5. The largest absolute Gasteiger partial charge is 0.462 e. The van der Waals surface area contributed by atoms with Gasteiger partial charge in [0.15, 0.2) is 6.10 Å². The molecule has 0 saturated carbocycles. The van der Waals surface area contributed by atoms with Gasteiger partial charge in [0.1, 0.15) is 6.61 Å². The summed E-state index contributed by atoms with van der Waals surface area (Å²) in [4.78, 5) is 25.4. The average Bonchev–Trinajstić information content (AvgIpc) is 3.27. The zero-order valence-corrected chi connectivity index (χ0v) is 41.1. The Kier molecular flexibility index (Phi) is 50.4. The van der Waals surface area contributed by atoms with Crippen LogP contribution in [0.4, 0.5) is 0 Å². The van der Waals surface area contributed by atoms with Gasteiger partial charge in [-0.15, -0.1) is 0 Å². The van der Waals surface area contributed by atoms with Gasteiger partial charge < -0.3 is 14.2 Å². The molecule has 1 atom stereocenters. The molecule has 0 spiro atoms. The molecule has 5 nitrogen and oxygen atoms in total. The minimum atomic E-state index is -0.559. The van der Waals surface area contributed by atoms with Gasteiger partial charge in [-0.2, -0.15) is 0 Å². The molecule has 358 valence electrons. The molecule has 0 aliphatic heterocycles. The minimum absolute atomic E-state index is 0.0650. The van der Waals surface area contributed by atoms with E-state index in [4.69, 9.17) is 14.2 Å². The number of carbonyl (C=O) groups excluding carboxylic acids is 2. The fourth-order valence-electron chi connectivity index (χ4n) is 7.30. The smallest absolute Gasteiger partial charge is 0.306 e. The van der Waals surface area contributed by atoms with E-state index in [2.05, 4.69) is 93.7 Å². The van der Waals surface area contributed by atoms with E-state index < -0.39 is 6.10 Å². The summed E-state index contributed by atoms with van der Waals surface area (Å²) >= 11 is 0. The number of rotatable bonds is 48. The van der Waals surface area contributed by atoms with E-state index in [0.717, 1.165) is 96.3 Å². The summed E-state index contributed by atoms with van der Waals surface area (Å²) in [6.07, 6.45) is 67.7. The van der Waals surface area contributed by atoms with Crippen LogP contribution >= 0.6 is 0 Å². The lowest BCUT2D eigenvalue weighted by atomic mass is 10.0. The standard InChI is InChI=1S/C57H100O5/c1-4-7-10-13-16-19-22-25-28-31-34-37-40-43-46-49-52-60-53-55(62-57(59)51-48-45-42-39-36-33-30-27-24-21-18-15-12-9-6-3)54-61-56(58)50-47-44-41-38-35-32-29-26-23-20-17-14-11-8-5-2/h7,10,16-17,19-20,25-26,28-29,34,37,55H,4-6,8-9,11-15,18,21-24,27,30-33,35-36,38-54H2,1-3H3/b10-7-,19-16-,20-17-,28-25-,29-26-,37-34-. The van der Waals surface area contributed by atoms with Crippen LogP contribution in [0.5, 0.6) is 0 Å². The Bertz CT molecular complexity index is 1110. The molecule has 0 aromatic carbocycles. The van der Waals surface area contributed by atoms with E-state index in [1.165, 1.54) is 122 Å². The molecule has 0 radical (unpaired) electrons. The number of hydrogen-bond acceptors (Lipinski definition) is 5. The third-order valence-corrected chi connectivity index (χ3v) is 11.2. The number of unbranched alkanes of at least 4 members (excludes halogenated alkanes) is 25. The topological polar surface area (TPSA) is 61.8 Å². The first kappa shape index (κ1) is 59.3. The first-order valence-corrected chi connectivity index (χ1v) is 26.5. The summed E-state index contributed by atoms with van der Waals surface area (Å²) in [7, 11) is 0. The zero-order valence-electron chi connectivity index (χ0n) is 41.1. The fourth-order valence-corrected chi connectivity index (χ4v) is 7.30. The molecule has 0 saturated heterocycles. The Morgan fingerprint density at radius 1 is 0.371 bits per heavy atom. The van der Waals surface area contributed by atoms with Gasteiger partial charge in [-0.05, 0) is 89.9 Å². The number of allylic oxidation sites excluding steroid dienone is 12. The second kappa shape index (κ2) is 52.7. The summed E-state index contributed by atoms with van der Waals surface area (Å²) in [5, 5.41) is 0. The van der Waals surface area contributed by atoms with E-state index in [1.54, 1.807) is 0 Å². The van der Waals surface area contributed by atoms with Gasteiger partial charge in [0, 0.05) is 19.4 Å². The maximum Gasteiger partial charge on any atom is 0.306 e. The van der Waals surface area contributed by atoms with Crippen molar-refractivity contribution in [2.24, 2.45) is 0 Å². The van der Waals surface area contributed by atoms with Crippen LogP contribution in [0.3, 0.4) is 0 Å². The highest BCUT2D eigenvalue weighted by Crippen LogP contribution is 2.15. The van der Waals surface area contributed by atoms with Crippen molar-refractivity contribution in [3.8, 4) is 0 Å². The molecule has 1 unspecified atom stereocenters. The molecule has 0 rings (SSSR count). The lowest BCUT2D eigenvalue weighted by Crippen LogP contribution is -2.30. The molecule has 62 heavy (non-hydrogen) atoms. The highest BCUT2D eigenvalue weighted by atomic mass is 16.6. The van der Waals surface area contributed by atoms with E-state index >= 15 is 0 Å². The average molecular weight is 865 g/mol. The van der Waals surface area contributed by atoms with Gasteiger partial charge in [0.05, 0.1) is 6.61 Å². The molecule has 0 bridgehead atoms. The van der Waals surface area contributed by atoms with Gasteiger partial charge in [-0.25, -0.2) is 0 Å². The molecule has 0 aromatic heterocycles. The molecule has 0 fully saturated rings. The van der Waals surface area contributed by atoms with Crippen LogP contribution in [0.15, 0.2) is 72.9 Å². The van der Waals surface area contributed by atoms with Crippen LogP contribution in [0.1, 0.15) is 252 Å². The molecule has 0 heterocycles. The van der Waals surface area contributed by atoms with Crippen molar-refractivity contribution in [1.82, 2.24) is 0 Å². The molecule has 0 N–H and O–H groups in total. The Hall–Kier alpha value is -2.66. The highest BCUT2D eigenvalue weighted by Gasteiger charge is 2.17. The normalized spacial score (nSPS) is 12.8. The van der Waals surface area contributed by atoms with Crippen molar-refractivity contribution >= 4 is 11.9 Å². The van der Waals surface area contributed by atoms with Crippen molar-refractivity contribution in [3.05, 3.63) is 72.9 Å².